The number of aliphatic carboxylic acids is 1. The Bertz CT molecular complexity index is 1520. The van der Waals surface area contributed by atoms with Gasteiger partial charge in [-0.3, -0.25) is 14.5 Å². The Balaban J connectivity index is 0.000000616. The number of hydrogen-bond donors (Lipinski definition) is 2. The molecule has 222 valence electrons. The fourth-order valence-electron chi connectivity index (χ4n) is 3.28. The lowest BCUT2D eigenvalue weighted by Gasteiger charge is -2.15. The maximum Gasteiger partial charge on any atom is 0.490 e. The number of anilines is 1. The zero-order valence-electron chi connectivity index (χ0n) is 20.9. The molecule has 0 radical (unpaired) electrons. The van der Waals surface area contributed by atoms with Crippen LogP contribution in [0.15, 0.2) is 73.2 Å². The second-order valence-electron chi connectivity index (χ2n) is 8.22. The molecule has 2 N–H and O–H groups in total. The van der Waals surface area contributed by atoms with Gasteiger partial charge in [-0.1, -0.05) is 18.2 Å². The van der Waals surface area contributed by atoms with Crippen LogP contribution in [0.4, 0.5) is 40.9 Å². The van der Waals surface area contributed by atoms with Crippen LogP contribution in [0.3, 0.4) is 0 Å². The number of nitrogens with one attached hydrogen (secondary N) is 1. The van der Waals surface area contributed by atoms with E-state index in [1.807, 2.05) is 0 Å². The minimum atomic E-state index is -5.08. The van der Waals surface area contributed by atoms with Gasteiger partial charge in [0.25, 0.3) is 5.91 Å². The Morgan fingerprint density at radius 1 is 0.952 bits per heavy atom. The van der Waals surface area contributed by atoms with Gasteiger partial charge in [0, 0.05) is 30.2 Å². The summed E-state index contributed by atoms with van der Waals surface area (Å²) in [7, 11) is 0. The van der Waals surface area contributed by atoms with Crippen LogP contribution in [0, 0.1) is 11.6 Å². The van der Waals surface area contributed by atoms with E-state index in [1.165, 1.54) is 24.4 Å². The number of ether oxygens (including phenoxy) is 1. The van der Waals surface area contributed by atoms with Gasteiger partial charge in [-0.15, -0.1) is 0 Å². The molecule has 42 heavy (non-hydrogen) atoms. The normalized spacial score (nSPS) is 11.3. The number of amides is 1. The molecular weight excluding hydrogens is 584 g/mol. The molecular formula is C26H18F8N4O4. The summed E-state index contributed by atoms with van der Waals surface area (Å²) in [4.78, 5) is 25.0. The number of halogens is 8. The van der Waals surface area contributed by atoms with E-state index in [2.05, 4.69) is 15.4 Å². The fraction of sp³-hybridized carbons (Fsp3) is 0.154. The molecule has 0 saturated heterocycles. The van der Waals surface area contributed by atoms with Gasteiger partial charge in [-0.2, -0.15) is 31.4 Å². The first-order valence-corrected chi connectivity index (χ1v) is 11.5. The smallest absolute Gasteiger partial charge is 0.489 e. The van der Waals surface area contributed by atoms with Crippen molar-refractivity contribution < 1.29 is 54.6 Å². The highest BCUT2D eigenvalue weighted by molar-refractivity contribution is 6.04. The van der Waals surface area contributed by atoms with Crippen molar-refractivity contribution in [3.8, 4) is 5.75 Å². The van der Waals surface area contributed by atoms with Crippen molar-refractivity contribution in [3.05, 3.63) is 107 Å². The quantitative estimate of drug-likeness (QED) is 0.248. The van der Waals surface area contributed by atoms with Crippen LogP contribution in [0.25, 0.3) is 0 Å². The zero-order valence-corrected chi connectivity index (χ0v) is 20.9. The predicted molar refractivity (Wildman–Crippen MR) is 129 cm³/mol. The summed E-state index contributed by atoms with van der Waals surface area (Å²) in [6, 6.07) is 11.3. The van der Waals surface area contributed by atoms with E-state index in [0.29, 0.717) is 5.56 Å². The molecule has 2 aromatic heterocycles. The molecule has 1 amide bonds. The summed E-state index contributed by atoms with van der Waals surface area (Å²) in [5, 5.41) is 13.3. The summed E-state index contributed by atoms with van der Waals surface area (Å²) in [5.41, 5.74) is -1.09. The molecule has 0 aliphatic carbocycles. The summed E-state index contributed by atoms with van der Waals surface area (Å²) >= 11 is 0. The lowest BCUT2D eigenvalue weighted by molar-refractivity contribution is -0.192. The molecule has 8 nitrogen and oxygen atoms in total. The number of carbonyl (C=O) groups excluding carboxylic acids is 1. The van der Waals surface area contributed by atoms with Gasteiger partial charge < -0.3 is 15.2 Å². The van der Waals surface area contributed by atoms with Crippen LogP contribution in [0.5, 0.6) is 5.75 Å². The van der Waals surface area contributed by atoms with Crippen molar-refractivity contribution >= 4 is 17.7 Å². The van der Waals surface area contributed by atoms with Gasteiger partial charge in [0.05, 0.1) is 12.1 Å². The predicted octanol–water partition coefficient (Wildman–Crippen LogP) is 6.09. The van der Waals surface area contributed by atoms with Crippen LogP contribution in [-0.4, -0.2) is 37.9 Å². The molecule has 0 aliphatic heterocycles. The summed E-state index contributed by atoms with van der Waals surface area (Å²) in [5.74, 6) is -5.98. The van der Waals surface area contributed by atoms with Crippen LogP contribution < -0.4 is 10.1 Å². The molecule has 0 saturated carbocycles. The number of alkyl halides is 6. The lowest BCUT2D eigenvalue weighted by atomic mass is 10.1. The van der Waals surface area contributed by atoms with Gasteiger partial charge in [0.1, 0.15) is 29.6 Å². The summed E-state index contributed by atoms with van der Waals surface area (Å²) in [6.07, 6.45) is -5.28. The van der Waals surface area contributed by atoms with Crippen molar-refractivity contribution in [1.82, 2.24) is 14.8 Å². The van der Waals surface area contributed by atoms with Crippen LogP contribution in [0.2, 0.25) is 0 Å². The van der Waals surface area contributed by atoms with Crippen molar-refractivity contribution in [3.63, 3.8) is 0 Å². The number of carboxylic acids is 1. The van der Waals surface area contributed by atoms with E-state index >= 15 is 0 Å². The Labute approximate surface area is 231 Å². The Morgan fingerprint density at radius 2 is 1.62 bits per heavy atom. The van der Waals surface area contributed by atoms with Gasteiger partial charge in [-0.25, -0.2) is 13.6 Å². The van der Waals surface area contributed by atoms with E-state index in [1.54, 1.807) is 24.5 Å². The topological polar surface area (TPSA) is 106 Å². The van der Waals surface area contributed by atoms with Gasteiger partial charge in [-0.05, 0) is 35.9 Å². The third kappa shape index (κ3) is 8.74. The highest BCUT2D eigenvalue weighted by Crippen LogP contribution is 2.35. The number of carbonyl (C=O) groups is 2. The molecule has 0 spiro atoms. The average Bonchev–Trinajstić information content (AvgIpc) is 3.34. The van der Waals surface area contributed by atoms with E-state index in [0.717, 1.165) is 28.9 Å². The number of nitrogens with zero attached hydrogens (tertiary/aromatic N) is 3. The molecule has 0 fully saturated rings. The lowest BCUT2D eigenvalue weighted by Crippen LogP contribution is -2.21. The molecule has 2 heterocycles. The van der Waals surface area contributed by atoms with Crippen LogP contribution in [0.1, 0.15) is 27.0 Å². The number of aromatic nitrogens is 3. The minimum absolute atomic E-state index is 0.0326. The molecule has 0 aliphatic rings. The number of rotatable bonds is 7. The zero-order chi connectivity index (χ0) is 31.1. The van der Waals surface area contributed by atoms with Gasteiger partial charge >= 0.3 is 18.3 Å². The largest absolute Gasteiger partial charge is 0.490 e. The standard InChI is InChI=1S/C24H17F5N4O2.C2HF3O2/c25-19-4-1-5-20(26)22(19)23(34)31-21-8-10-33(32-21)13-16-6-7-17(11-18(16)24(27,28)29)35-14-15-3-2-9-30-12-15;3-2(4,5)1(6)7/h1-12H,13-14H2,(H,31,32,34);(H,6,7). The van der Waals surface area contributed by atoms with Gasteiger partial charge in [0.15, 0.2) is 5.82 Å². The molecule has 0 bridgehead atoms. The van der Waals surface area contributed by atoms with Crippen molar-refractivity contribution in [1.29, 1.82) is 0 Å². The number of benzene rings is 2. The maximum atomic E-state index is 13.8. The van der Waals surface area contributed by atoms with E-state index < -0.39 is 47.0 Å². The highest BCUT2D eigenvalue weighted by Gasteiger charge is 2.38. The van der Waals surface area contributed by atoms with Gasteiger partial charge in [0.2, 0.25) is 0 Å². The Hall–Kier alpha value is -5.02. The number of pyridine rings is 1. The Kier molecular flexibility index (Phi) is 9.82. The van der Waals surface area contributed by atoms with Crippen molar-refractivity contribution in [2.75, 3.05) is 5.32 Å². The second-order valence-corrected chi connectivity index (χ2v) is 8.22. The molecule has 0 unspecified atom stereocenters. The maximum absolute atomic E-state index is 13.8. The average molecular weight is 602 g/mol. The minimum Gasteiger partial charge on any atom is -0.489 e. The second kappa shape index (κ2) is 13.1. The molecule has 2 aromatic carbocycles. The number of carboxylic acid groups (broad SMARTS) is 1. The van der Waals surface area contributed by atoms with E-state index in [-0.39, 0.29) is 30.3 Å². The first-order chi connectivity index (χ1) is 19.6. The molecule has 4 aromatic rings. The van der Waals surface area contributed by atoms with Crippen molar-refractivity contribution in [2.24, 2.45) is 0 Å². The summed E-state index contributed by atoms with van der Waals surface area (Å²) < 4.78 is 107. The monoisotopic (exact) mass is 602 g/mol. The first kappa shape index (κ1) is 31.5. The van der Waals surface area contributed by atoms with Crippen LogP contribution in [-0.2, 0) is 24.1 Å². The fourth-order valence-corrected chi connectivity index (χ4v) is 3.28. The van der Waals surface area contributed by atoms with E-state index in [4.69, 9.17) is 14.6 Å². The van der Waals surface area contributed by atoms with Crippen molar-refractivity contribution in [2.45, 2.75) is 25.5 Å². The third-order valence-electron chi connectivity index (χ3n) is 5.16. The number of hydrogen-bond acceptors (Lipinski definition) is 5. The SMILES string of the molecule is O=C(Nc1ccn(Cc2ccc(OCc3cccnc3)cc2C(F)(F)F)n1)c1c(F)cccc1F.O=C(O)C(F)(F)F. The first-order valence-electron chi connectivity index (χ1n) is 11.5. The summed E-state index contributed by atoms with van der Waals surface area (Å²) in [6.45, 7) is -0.225. The third-order valence-corrected chi connectivity index (χ3v) is 5.16. The Morgan fingerprint density at radius 3 is 2.19 bits per heavy atom. The van der Waals surface area contributed by atoms with Crippen LogP contribution >= 0.6 is 0 Å². The molecule has 4 rings (SSSR count). The highest BCUT2D eigenvalue weighted by atomic mass is 19.4. The molecule has 16 heteroatoms. The molecule has 0 atom stereocenters. The van der Waals surface area contributed by atoms with E-state index in [9.17, 15) is 39.9 Å².